The molecule has 13 heavy (non-hydrogen) atoms. The number of rotatable bonds is 2. The Morgan fingerprint density at radius 2 is 1.85 bits per heavy atom. The van der Waals surface area contributed by atoms with E-state index < -0.39 is 21.6 Å². The van der Waals surface area contributed by atoms with Crippen LogP contribution >= 0.6 is 0 Å². The lowest BCUT2D eigenvalue weighted by atomic mass is 10.1. The van der Waals surface area contributed by atoms with E-state index in [9.17, 15) is 21.6 Å². The normalized spacial score (nSPS) is 29.4. The summed E-state index contributed by atoms with van der Waals surface area (Å²) in [5, 5.41) is 0. The topological polar surface area (TPSA) is 37.1 Å². The standard InChI is InChI=1S/C6H10F3NO2S/c1-4(2)5-3-10(5)13(11,12)6(7,8)9/h4-5H,3H2,1-2H3/t5-,10?/m0/s1. The monoisotopic (exact) mass is 217 g/mol. The zero-order valence-corrected chi connectivity index (χ0v) is 7.98. The number of nitrogens with zero attached hydrogens (tertiary/aromatic N) is 1. The van der Waals surface area contributed by atoms with E-state index in [0.29, 0.717) is 4.31 Å². The van der Waals surface area contributed by atoms with E-state index >= 15 is 0 Å². The molecule has 1 unspecified atom stereocenters. The summed E-state index contributed by atoms with van der Waals surface area (Å²) >= 11 is 0. The lowest BCUT2D eigenvalue weighted by Crippen LogP contribution is -2.31. The van der Waals surface area contributed by atoms with Crippen molar-refractivity contribution in [2.75, 3.05) is 6.54 Å². The van der Waals surface area contributed by atoms with Gasteiger partial charge >= 0.3 is 15.5 Å². The van der Waals surface area contributed by atoms with Gasteiger partial charge < -0.3 is 0 Å². The minimum Gasteiger partial charge on any atom is -0.203 e. The molecule has 1 heterocycles. The fraction of sp³-hybridized carbons (Fsp3) is 1.00. The average molecular weight is 217 g/mol. The van der Waals surface area contributed by atoms with Crippen LogP contribution < -0.4 is 0 Å². The van der Waals surface area contributed by atoms with Gasteiger partial charge in [-0.1, -0.05) is 13.8 Å². The van der Waals surface area contributed by atoms with Crippen LogP contribution in [-0.4, -0.2) is 30.8 Å². The van der Waals surface area contributed by atoms with Crippen molar-refractivity contribution >= 4 is 10.0 Å². The zero-order chi connectivity index (χ0) is 10.4. The SMILES string of the molecule is CC(C)[C@@H]1CN1S(=O)(=O)C(F)(F)F. The minimum atomic E-state index is -5.16. The molecule has 78 valence electrons. The third-order valence-corrected chi connectivity index (χ3v) is 3.60. The third-order valence-electron chi connectivity index (χ3n) is 1.97. The van der Waals surface area contributed by atoms with Crippen molar-refractivity contribution in [3.63, 3.8) is 0 Å². The van der Waals surface area contributed by atoms with E-state index in [0.717, 1.165) is 0 Å². The van der Waals surface area contributed by atoms with Gasteiger partial charge in [0.05, 0.1) is 0 Å². The van der Waals surface area contributed by atoms with Crippen molar-refractivity contribution in [2.24, 2.45) is 5.92 Å². The molecule has 0 aromatic heterocycles. The molecule has 1 saturated heterocycles. The molecular weight excluding hydrogens is 207 g/mol. The maximum absolute atomic E-state index is 11.9. The van der Waals surface area contributed by atoms with Gasteiger partial charge in [-0.15, -0.1) is 0 Å². The Bertz CT molecular complexity index is 295. The molecule has 0 aliphatic carbocycles. The second-order valence-corrected chi connectivity index (χ2v) is 5.21. The molecule has 0 aromatic carbocycles. The van der Waals surface area contributed by atoms with Crippen molar-refractivity contribution < 1.29 is 21.6 Å². The number of hydrogen-bond acceptors (Lipinski definition) is 2. The fourth-order valence-corrected chi connectivity index (χ4v) is 2.30. The maximum atomic E-state index is 11.9. The van der Waals surface area contributed by atoms with Crippen molar-refractivity contribution in [2.45, 2.75) is 25.4 Å². The predicted molar refractivity (Wildman–Crippen MR) is 40.3 cm³/mol. The Morgan fingerprint density at radius 3 is 2.08 bits per heavy atom. The molecule has 0 spiro atoms. The quantitative estimate of drug-likeness (QED) is 0.651. The predicted octanol–water partition coefficient (Wildman–Crippen LogP) is 1.18. The molecule has 3 nitrogen and oxygen atoms in total. The second-order valence-electron chi connectivity index (χ2n) is 3.33. The van der Waals surface area contributed by atoms with E-state index in [-0.39, 0.29) is 12.5 Å². The highest BCUT2D eigenvalue weighted by molar-refractivity contribution is 7.90. The fourth-order valence-electron chi connectivity index (χ4n) is 1.09. The maximum Gasteiger partial charge on any atom is 0.511 e. The van der Waals surface area contributed by atoms with Gasteiger partial charge in [-0.05, 0) is 5.92 Å². The van der Waals surface area contributed by atoms with Crippen LogP contribution in [0.4, 0.5) is 13.2 Å². The van der Waals surface area contributed by atoms with E-state index in [4.69, 9.17) is 0 Å². The Kier molecular flexibility index (Phi) is 2.36. The van der Waals surface area contributed by atoms with Crippen molar-refractivity contribution in [1.82, 2.24) is 4.31 Å². The van der Waals surface area contributed by atoms with Crippen LogP contribution in [0.1, 0.15) is 13.8 Å². The van der Waals surface area contributed by atoms with Crippen LogP contribution in [0, 0.1) is 5.92 Å². The van der Waals surface area contributed by atoms with Gasteiger partial charge in [0.15, 0.2) is 0 Å². The van der Waals surface area contributed by atoms with Crippen LogP contribution in [0.2, 0.25) is 0 Å². The van der Waals surface area contributed by atoms with Crippen molar-refractivity contribution in [3.05, 3.63) is 0 Å². The summed E-state index contributed by atoms with van der Waals surface area (Å²) in [5.74, 6) is -0.0721. The van der Waals surface area contributed by atoms with Gasteiger partial charge in [0.25, 0.3) is 0 Å². The Balaban J connectivity index is 2.77. The van der Waals surface area contributed by atoms with Crippen LogP contribution in [-0.2, 0) is 10.0 Å². The lowest BCUT2D eigenvalue weighted by molar-refractivity contribution is -0.0468. The largest absolute Gasteiger partial charge is 0.511 e. The first-order valence-electron chi connectivity index (χ1n) is 3.76. The minimum absolute atomic E-state index is 0.0144. The Hall–Kier alpha value is -0.300. The van der Waals surface area contributed by atoms with E-state index in [1.807, 2.05) is 0 Å². The molecular formula is C6H10F3NO2S. The zero-order valence-electron chi connectivity index (χ0n) is 7.17. The highest BCUT2D eigenvalue weighted by atomic mass is 32.2. The summed E-state index contributed by atoms with van der Waals surface area (Å²) in [7, 11) is -5.06. The molecule has 0 bridgehead atoms. The second kappa shape index (κ2) is 2.84. The highest BCUT2D eigenvalue weighted by Crippen LogP contribution is 2.37. The first-order valence-corrected chi connectivity index (χ1v) is 5.20. The molecule has 2 atom stereocenters. The molecule has 0 aromatic rings. The third kappa shape index (κ3) is 1.80. The van der Waals surface area contributed by atoms with Gasteiger partial charge in [0, 0.05) is 12.6 Å². The first-order chi connectivity index (χ1) is 5.68. The summed E-state index contributed by atoms with van der Waals surface area (Å²) < 4.78 is 57.7. The van der Waals surface area contributed by atoms with Crippen molar-refractivity contribution in [1.29, 1.82) is 0 Å². The van der Waals surface area contributed by atoms with Gasteiger partial charge in [0.2, 0.25) is 0 Å². The van der Waals surface area contributed by atoms with Crippen LogP contribution in [0.3, 0.4) is 0 Å². The van der Waals surface area contributed by atoms with Gasteiger partial charge in [-0.2, -0.15) is 17.5 Å². The summed E-state index contributed by atoms with van der Waals surface area (Å²) in [6.07, 6.45) is 0. The molecule has 1 fully saturated rings. The molecule has 1 rings (SSSR count). The van der Waals surface area contributed by atoms with Crippen LogP contribution in [0.15, 0.2) is 0 Å². The summed E-state index contributed by atoms with van der Waals surface area (Å²) in [5.41, 5.74) is -5.16. The highest BCUT2D eigenvalue weighted by Gasteiger charge is 2.58. The van der Waals surface area contributed by atoms with Gasteiger partial charge in [0.1, 0.15) is 0 Å². The molecule has 1 aliphatic rings. The average Bonchev–Trinajstić information content (AvgIpc) is 2.60. The molecule has 0 radical (unpaired) electrons. The number of alkyl halides is 3. The molecule has 0 N–H and O–H groups in total. The summed E-state index contributed by atoms with van der Waals surface area (Å²) in [6, 6.07) is -0.480. The molecule has 7 heteroatoms. The number of halogens is 3. The van der Waals surface area contributed by atoms with E-state index in [2.05, 4.69) is 0 Å². The first kappa shape index (κ1) is 10.8. The Morgan fingerprint density at radius 1 is 1.38 bits per heavy atom. The molecule has 0 saturated carbocycles. The van der Waals surface area contributed by atoms with Crippen molar-refractivity contribution in [3.8, 4) is 0 Å². The smallest absolute Gasteiger partial charge is 0.203 e. The van der Waals surface area contributed by atoms with Crippen LogP contribution in [0.25, 0.3) is 0 Å². The van der Waals surface area contributed by atoms with Gasteiger partial charge in [-0.25, -0.2) is 8.42 Å². The number of hydrogen-bond donors (Lipinski definition) is 0. The van der Waals surface area contributed by atoms with E-state index in [1.165, 1.54) is 0 Å². The van der Waals surface area contributed by atoms with Gasteiger partial charge in [-0.3, -0.25) is 0 Å². The summed E-state index contributed by atoms with van der Waals surface area (Å²) in [6.45, 7) is 3.37. The summed E-state index contributed by atoms with van der Waals surface area (Å²) in [4.78, 5) is 0. The number of sulfonamides is 1. The van der Waals surface area contributed by atoms with E-state index in [1.54, 1.807) is 13.8 Å². The molecule has 0 amide bonds. The molecule has 1 aliphatic heterocycles. The van der Waals surface area contributed by atoms with Crippen LogP contribution in [0.5, 0.6) is 0 Å². The lowest BCUT2D eigenvalue weighted by Gasteiger charge is -2.10. The Labute approximate surface area is 74.6 Å².